The molecular formula is C11H14O5S. The maximum Gasteiger partial charge on any atom is 0.306 e. The monoisotopic (exact) mass is 258 g/mol. The summed E-state index contributed by atoms with van der Waals surface area (Å²) in [7, 11) is -3.55. The number of aliphatic hydroxyl groups is 1. The van der Waals surface area contributed by atoms with Gasteiger partial charge in [0.05, 0.1) is 11.7 Å². The van der Waals surface area contributed by atoms with Crippen molar-refractivity contribution in [2.75, 3.05) is 6.26 Å². The molecule has 0 fully saturated rings. The van der Waals surface area contributed by atoms with E-state index in [9.17, 15) is 13.5 Å². The zero-order chi connectivity index (χ0) is 12.8. The van der Waals surface area contributed by atoms with E-state index in [0.29, 0.717) is 5.75 Å². The van der Waals surface area contributed by atoms with E-state index in [2.05, 4.69) is 0 Å². The Morgan fingerprint density at radius 2 is 2.06 bits per heavy atom. The van der Waals surface area contributed by atoms with Gasteiger partial charge in [-0.25, -0.2) is 0 Å². The Hall–Kier alpha value is -1.27. The summed E-state index contributed by atoms with van der Waals surface area (Å²) in [5.41, 5.74) is 0.137. The first-order chi connectivity index (χ1) is 7.70. The van der Waals surface area contributed by atoms with Crippen molar-refractivity contribution in [3.05, 3.63) is 23.8 Å². The fourth-order valence-corrected chi connectivity index (χ4v) is 2.20. The van der Waals surface area contributed by atoms with Crippen LogP contribution in [0.15, 0.2) is 18.2 Å². The third-order valence-corrected chi connectivity index (χ3v) is 3.24. The van der Waals surface area contributed by atoms with Gasteiger partial charge < -0.3 is 14.0 Å². The summed E-state index contributed by atoms with van der Waals surface area (Å²) in [5.74, 6) is 0.764. The lowest BCUT2D eigenvalue weighted by molar-refractivity contribution is -0.0450. The third-order valence-electron chi connectivity index (χ3n) is 2.75. The minimum atomic E-state index is -3.55. The van der Waals surface area contributed by atoms with Crippen LogP contribution in [0.1, 0.15) is 19.4 Å². The normalized spacial score (nSPS) is 21.8. The Kier molecular flexibility index (Phi) is 2.59. The lowest BCUT2D eigenvalue weighted by atomic mass is 9.85. The van der Waals surface area contributed by atoms with Gasteiger partial charge in [-0.05, 0) is 32.0 Å². The molecule has 0 bridgehead atoms. The predicted octanol–water partition coefficient (Wildman–Crippen LogP) is 1.01. The van der Waals surface area contributed by atoms with Crippen LogP contribution >= 0.6 is 0 Å². The van der Waals surface area contributed by atoms with Crippen LogP contribution in [0.5, 0.6) is 11.5 Å². The minimum absolute atomic E-state index is 0.219. The summed E-state index contributed by atoms with van der Waals surface area (Å²) in [6, 6.07) is 4.66. The first-order valence-corrected chi connectivity index (χ1v) is 6.90. The highest BCUT2D eigenvalue weighted by Crippen LogP contribution is 2.43. The van der Waals surface area contributed by atoms with Gasteiger partial charge in [0, 0.05) is 5.56 Å². The molecule has 0 saturated carbocycles. The molecular weight excluding hydrogens is 244 g/mol. The number of aliphatic hydroxyl groups excluding tert-OH is 1. The maximum atomic E-state index is 11.0. The first kappa shape index (κ1) is 12.2. The van der Waals surface area contributed by atoms with Crippen molar-refractivity contribution in [2.45, 2.75) is 25.6 Å². The molecule has 1 atom stereocenters. The second-order valence-electron chi connectivity index (χ2n) is 4.64. The molecule has 1 N–H and O–H groups in total. The lowest BCUT2D eigenvalue weighted by Gasteiger charge is -2.20. The van der Waals surface area contributed by atoms with Crippen LogP contribution in [0.3, 0.4) is 0 Å². The summed E-state index contributed by atoms with van der Waals surface area (Å²) in [6.45, 7) is 3.63. The molecule has 5 nitrogen and oxygen atoms in total. The molecule has 0 saturated heterocycles. The van der Waals surface area contributed by atoms with Crippen LogP contribution in [0.25, 0.3) is 0 Å². The zero-order valence-electron chi connectivity index (χ0n) is 9.80. The highest BCUT2D eigenvalue weighted by molar-refractivity contribution is 7.86. The van der Waals surface area contributed by atoms with Gasteiger partial charge in [-0.1, -0.05) is 0 Å². The standard InChI is InChI=1S/C11H14O5S/c1-11(2)8-6-7(16-17(3,13)14)4-5-9(8)15-10(11)12/h4-6,10,12H,1-3H3/t10-/m0/s1. The molecule has 1 aliphatic rings. The summed E-state index contributed by atoms with van der Waals surface area (Å²) >= 11 is 0. The molecule has 0 aromatic heterocycles. The SMILES string of the molecule is CC1(C)c2cc(OS(C)(=O)=O)ccc2O[C@@H]1O. The van der Waals surface area contributed by atoms with E-state index < -0.39 is 21.8 Å². The van der Waals surface area contributed by atoms with Crippen LogP contribution in [-0.4, -0.2) is 26.1 Å². The van der Waals surface area contributed by atoms with Crippen molar-refractivity contribution in [1.82, 2.24) is 0 Å². The molecule has 0 spiro atoms. The summed E-state index contributed by atoms with van der Waals surface area (Å²) in [4.78, 5) is 0. The van der Waals surface area contributed by atoms with Gasteiger partial charge in [-0.15, -0.1) is 0 Å². The lowest BCUT2D eigenvalue weighted by Crippen LogP contribution is -2.31. The minimum Gasteiger partial charge on any atom is -0.464 e. The van der Waals surface area contributed by atoms with E-state index in [1.165, 1.54) is 6.07 Å². The predicted molar refractivity (Wildman–Crippen MR) is 61.6 cm³/mol. The quantitative estimate of drug-likeness (QED) is 0.802. The van der Waals surface area contributed by atoms with Crippen molar-refractivity contribution in [3.63, 3.8) is 0 Å². The van der Waals surface area contributed by atoms with Gasteiger partial charge >= 0.3 is 10.1 Å². The third kappa shape index (κ3) is 2.23. The van der Waals surface area contributed by atoms with Crippen LogP contribution < -0.4 is 8.92 Å². The van der Waals surface area contributed by atoms with Crippen LogP contribution in [-0.2, 0) is 15.5 Å². The Morgan fingerprint density at radius 1 is 1.41 bits per heavy atom. The van der Waals surface area contributed by atoms with Gasteiger partial charge in [0.1, 0.15) is 11.5 Å². The molecule has 94 valence electrons. The van der Waals surface area contributed by atoms with Crippen molar-refractivity contribution >= 4 is 10.1 Å². The Bertz CT molecular complexity index is 547. The van der Waals surface area contributed by atoms with Crippen LogP contribution in [0.2, 0.25) is 0 Å². The van der Waals surface area contributed by atoms with E-state index >= 15 is 0 Å². The topological polar surface area (TPSA) is 72.8 Å². The molecule has 1 aromatic rings. The second-order valence-corrected chi connectivity index (χ2v) is 6.21. The Balaban J connectivity index is 2.42. The fraction of sp³-hybridized carbons (Fsp3) is 0.455. The molecule has 0 aliphatic carbocycles. The smallest absolute Gasteiger partial charge is 0.306 e. The van der Waals surface area contributed by atoms with Crippen LogP contribution in [0.4, 0.5) is 0 Å². The number of hydrogen-bond donors (Lipinski definition) is 1. The van der Waals surface area contributed by atoms with Crippen molar-refractivity contribution in [1.29, 1.82) is 0 Å². The summed E-state index contributed by atoms with van der Waals surface area (Å²) in [5, 5.41) is 9.72. The molecule has 6 heteroatoms. The summed E-state index contributed by atoms with van der Waals surface area (Å²) < 4.78 is 32.1. The number of fused-ring (bicyclic) bond motifs is 1. The fourth-order valence-electron chi connectivity index (χ4n) is 1.74. The van der Waals surface area contributed by atoms with E-state index in [1.54, 1.807) is 12.1 Å². The van der Waals surface area contributed by atoms with Gasteiger partial charge in [0.25, 0.3) is 0 Å². The molecule has 2 rings (SSSR count). The largest absolute Gasteiger partial charge is 0.464 e. The number of rotatable bonds is 2. The highest BCUT2D eigenvalue weighted by Gasteiger charge is 2.40. The Labute approximate surface area is 100 Å². The highest BCUT2D eigenvalue weighted by atomic mass is 32.2. The molecule has 1 heterocycles. The number of ether oxygens (including phenoxy) is 1. The van der Waals surface area contributed by atoms with Crippen molar-refractivity contribution in [3.8, 4) is 11.5 Å². The Morgan fingerprint density at radius 3 is 2.65 bits per heavy atom. The maximum absolute atomic E-state index is 11.0. The van der Waals surface area contributed by atoms with E-state index in [4.69, 9.17) is 8.92 Å². The van der Waals surface area contributed by atoms with E-state index in [0.717, 1.165) is 11.8 Å². The van der Waals surface area contributed by atoms with E-state index in [1.807, 2.05) is 13.8 Å². The van der Waals surface area contributed by atoms with Gasteiger partial charge in [0.15, 0.2) is 0 Å². The molecule has 0 amide bonds. The molecule has 0 radical (unpaired) electrons. The van der Waals surface area contributed by atoms with Gasteiger partial charge in [-0.3, -0.25) is 0 Å². The van der Waals surface area contributed by atoms with Crippen LogP contribution in [0, 0.1) is 0 Å². The van der Waals surface area contributed by atoms with Crippen molar-refractivity contribution in [2.24, 2.45) is 0 Å². The summed E-state index contributed by atoms with van der Waals surface area (Å²) in [6.07, 6.45) is 0.0439. The van der Waals surface area contributed by atoms with Crippen molar-refractivity contribution < 1.29 is 22.4 Å². The zero-order valence-corrected chi connectivity index (χ0v) is 10.6. The first-order valence-electron chi connectivity index (χ1n) is 5.09. The van der Waals surface area contributed by atoms with Gasteiger partial charge in [-0.2, -0.15) is 8.42 Å². The number of hydrogen-bond acceptors (Lipinski definition) is 5. The van der Waals surface area contributed by atoms with Gasteiger partial charge in [0.2, 0.25) is 6.29 Å². The molecule has 17 heavy (non-hydrogen) atoms. The molecule has 0 unspecified atom stereocenters. The average molecular weight is 258 g/mol. The van der Waals surface area contributed by atoms with E-state index in [-0.39, 0.29) is 5.75 Å². The molecule has 1 aliphatic heterocycles. The second kappa shape index (κ2) is 3.61. The number of benzene rings is 1. The molecule has 1 aromatic carbocycles. The average Bonchev–Trinajstić information content (AvgIpc) is 2.37.